The van der Waals surface area contributed by atoms with Crippen LogP contribution in [0.3, 0.4) is 0 Å². The van der Waals surface area contributed by atoms with E-state index in [4.69, 9.17) is 0 Å². The van der Waals surface area contributed by atoms with E-state index in [1.807, 2.05) is 29.2 Å². The number of rotatable bonds is 6. The molecule has 1 aromatic rings. The first-order valence-corrected chi connectivity index (χ1v) is 8.31. The lowest BCUT2D eigenvalue weighted by atomic mass is 10.1. The fourth-order valence-electron chi connectivity index (χ4n) is 3.11. The van der Waals surface area contributed by atoms with Crippen LogP contribution in [-0.2, 0) is 6.54 Å². The molecule has 0 aromatic heterocycles. The number of carbonyl (C=O) groups excluding carboxylic acids is 1. The molecule has 0 saturated carbocycles. The van der Waals surface area contributed by atoms with Gasteiger partial charge >= 0.3 is 0 Å². The largest absolute Gasteiger partial charge is 0.394 e. The van der Waals surface area contributed by atoms with Gasteiger partial charge in [0.1, 0.15) is 0 Å². The molecule has 2 rings (SSSR count). The Hall–Kier alpha value is -1.39. The van der Waals surface area contributed by atoms with E-state index in [1.54, 1.807) is 0 Å². The molecule has 1 saturated heterocycles. The van der Waals surface area contributed by atoms with Crippen molar-refractivity contribution in [2.45, 2.75) is 52.2 Å². The van der Waals surface area contributed by atoms with E-state index in [-0.39, 0.29) is 18.6 Å². The highest BCUT2D eigenvalue weighted by molar-refractivity contribution is 5.94. The molecule has 4 heteroatoms. The van der Waals surface area contributed by atoms with Gasteiger partial charge in [0.2, 0.25) is 0 Å². The van der Waals surface area contributed by atoms with Crippen LogP contribution in [0.1, 0.15) is 49.5 Å². The van der Waals surface area contributed by atoms with Crippen LogP contribution >= 0.6 is 0 Å². The molecule has 0 spiro atoms. The Kier molecular flexibility index (Phi) is 5.98. The predicted molar refractivity (Wildman–Crippen MR) is 88.8 cm³/mol. The Morgan fingerprint density at radius 3 is 2.59 bits per heavy atom. The van der Waals surface area contributed by atoms with Crippen molar-refractivity contribution < 1.29 is 9.90 Å². The minimum absolute atomic E-state index is 0.0105. The second kappa shape index (κ2) is 7.75. The monoisotopic (exact) mass is 304 g/mol. The molecule has 1 atom stereocenters. The van der Waals surface area contributed by atoms with Gasteiger partial charge in [-0.2, -0.15) is 0 Å². The SMILES string of the molecule is CCN(Cc1ccc(C(=O)N2CCC[C@@H]2CO)cc1)C(C)C. The summed E-state index contributed by atoms with van der Waals surface area (Å²) in [7, 11) is 0. The van der Waals surface area contributed by atoms with Crippen molar-refractivity contribution in [2.24, 2.45) is 0 Å². The zero-order valence-corrected chi connectivity index (χ0v) is 14.0. The van der Waals surface area contributed by atoms with E-state index in [9.17, 15) is 9.90 Å². The van der Waals surface area contributed by atoms with E-state index in [2.05, 4.69) is 25.7 Å². The minimum Gasteiger partial charge on any atom is -0.394 e. The lowest BCUT2D eigenvalue weighted by molar-refractivity contribution is 0.0677. The standard InChI is InChI=1S/C18H28N2O2/c1-4-19(14(2)3)12-15-7-9-16(10-8-15)18(22)20-11-5-6-17(20)13-21/h7-10,14,17,21H,4-6,11-13H2,1-3H3/t17-/m1/s1. The molecule has 1 aromatic carbocycles. The highest BCUT2D eigenvalue weighted by atomic mass is 16.3. The summed E-state index contributed by atoms with van der Waals surface area (Å²) in [5.41, 5.74) is 1.95. The van der Waals surface area contributed by atoms with Crippen LogP contribution in [0.25, 0.3) is 0 Å². The molecule has 0 unspecified atom stereocenters. The van der Waals surface area contributed by atoms with Crippen molar-refractivity contribution in [1.29, 1.82) is 0 Å². The molecular formula is C18H28N2O2. The molecule has 1 heterocycles. The zero-order chi connectivity index (χ0) is 16.1. The van der Waals surface area contributed by atoms with Gasteiger partial charge in [0.05, 0.1) is 12.6 Å². The number of hydrogen-bond acceptors (Lipinski definition) is 3. The summed E-state index contributed by atoms with van der Waals surface area (Å²) in [4.78, 5) is 16.7. The van der Waals surface area contributed by atoms with Crippen LogP contribution in [0.2, 0.25) is 0 Å². The number of aliphatic hydroxyl groups excluding tert-OH is 1. The third-order valence-corrected chi connectivity index (χ3v) is 4.57. The number of likely N-dealkylation sites (tertiary alicyclic amines) is 1. The molecule has 1 aliphatic rings. The smallest absolute Gasteiger partial charge is 0.254 e. The van der Waals surface area contributed by atoms with Crippen molar-refractivity contribution >= 4 is 5.91 Å². The lowest BCUT2D eigenvalue weighted by Crippen LogP contribution is -2.37. The second-order valence-corrected chi connectivity index (χ2v) is 6.33. The van der Waals surface area contributed by atoms with Crippen molar-refractivity contribution in [3.63, 3.8) is 0 Å². The summed E-state index contributed by atoms with van der Waals surface area (Å²) in [6.07, 6.45) is 1.88. The number of aliphatic hydroxyl groups is 1. The minimum atomic E-state index is -0.0105. The summed E-state index contributed by atoms with van der Waals surface area (Å²) in [5, 5.41) is 9.36. The normalized spacial score (nSPS) is 18.5. The van der Waals surface area contributed by atoms with Gasteiger partial charge in [-0.05, 0) is 50.9 Å². The van der Waals surface area contributed by atoms with E-state index in [0.29, 0.717) is 6.04 Å². The van der Waals surface area contributed by atoms with Crippen LogP contribution < -0.4 is 0 Å². The Bertz CT molecular complexity index is 484. The van der Waals surface area contributed by atoms with Crippen molar-refractivity contribution in [3.8, 4) is 0 Å². The molecule has 0 aliphatic carbocycles. The first-order valence-electron chi connectivity index (χ1n) is 8.31. The fraction of sp³-hybridized carbons (Fsp3) is 0.611. The van der Waals surface area contributed by atoms with Crippen molar-refractivity contribution in [2.75, 3.05) is 19.7 Å². The van der Waals surface area contributed by atoms with Gasteiger partial charge in [-0.3, -0.25) is 9.69 Å². The topological polar surface area (TPSA) is 43.8 Å². The van der Waals surface area contributed by atoms with Gasteiger partial charge in [-0.15, -0.1) is 0 Å². The van der Waals surface area contributed by atoms with Crippen molar-refractivity contribution in [3.05, 3.63) is 35.4 Å². The molecule has 1 N–H and O–H groups in total. The number of hydrogen-bond donors (Lipinski definition) is 1. The highest BCUT2D eigenvalue weighted by Gasteiger charge is 2.28. The number of amides is 1. The number of nitrogens with zero attached hydrogens (tertiary/aromatic N) is 2. The summed E-state index contributed by atoms with van der Waals surface area (Å²) in [5.74, 6) is 0.0410. The van der Waals surface area contributed by atoms with Crippen LogP contribution in [0.5, 0.6) is 0 Å². The molecule has 1 aliphatic heterocycles. The fourth-order valence-corrected chi connectivity index (χ4v) is 3.11. The Morgan fingerprint density at radius 2 is 2.05 bits per heavy atom. The van der Waals surface area contributed by atoms with Crippen LogP contribution in [0.15, 0.2) is 24.3 Å². The molecule has 1 amide bonds. The van der Waals surface area contributed by atoms with Gasteiger partial charge in [0, 0.05) is 24.7 Å². The Balaban J connectivity index is 2.03. The van der Waals surface area contributed by atoms with Gasteiger partial charge in [0.15, 0.2) is 0 Å². The molecule has 1 fully saturated rings. The highest BCUT2D eigenvalue weighted by Crippen LogP contribution is 2.20. The first kappa shape index (κ1) is 17.0. The Morgan fingerprint density at radius 1 is 1.36 bits per heavy atom. The van der Waals surface area contributed by atoms with E-state index in [0.717, 1.165) is 38.0 Å². The Labute approximate surface area is 133 Å². The third-order valence-electron chi connectivity index (χ3n) is 4.57. The summed E-state index contributed by atoms with van der Waals surface area (Å²) >= 11 is 0. The average molecular weight is 304 g/mol. The molecule has 122 valence electrons. The van der Waals surface area contributed by atoms with Gasteiger partial charge in [-0.1, -0.05) is 19.1 Å². The summed E-state index contributed by atoms with van der Waals surface area (Å²) in [6.45, 7) is 9.30. The number of benzene rings is 1. The molecule has 4 nitrogen and oxygen atoms in total. The predicted octanol–water partition coefficient (Wildman–Crippen LogP) is 2.51. The molecule has 0 radical (unpaired) electrons. The van der Waals surface area contributed by atoms with E-state index < -0.39 is 0 Å². The summed E-state index contributed by atoms with van der Waals surface area (Å²) < 4.78 is 0. The van der Waals surface area contributed by atoms with E-state index in [1.165, 1.54) is 5.56 Å². The molecule has 0 bridgehead atoms. The van der Waals surface area contributed by atoms with Gasteiger partial charge < -0.3 is 10.0 Å². The van der Waals surface area contributed by atoms with Gasteiger partial charge in [-0.25, -0.2) is 0 Å². The summed E-state index contributed by atoms with van der Waals surface area (Å²) in [6, 6.07) is 8.42. The van der Waals surface area contributed by atoms with Gasteiger partial charge in [0.25, 0.3) is 5.91 Å². The maximum atomic E-state index is 12.5. The molecular weight excluding hydrogens is 276 g/mol. The van der Waals surface area contributed by atoms with Crippen LogP contribution in [0, 0.1) is 0 Å². The second-order valence-electron chi connectivity index (χ2n) is 6.33. The average Bonchev–Trinajstić information content (AvgIpc) is 3.00. The maximum absolute atomic E-state index is 12.5. The molecule has 22 heavy (non-hydrogen) atoms. The first-order chi connectivity index (χ1) is 10.6. The quantitative estimate of drug-likeness (QED) is 0.878. The van der Waals surface area contributed by atoms with Crippen LogP contribution in [0.4, 0.5) is 0 Å². The zero-order valence-electron chi connectivity index (χ0n) is 14.0. The third kappa shape index (κ3) is 3.87. The number of carbonyl (C=O) groups is 1. The lowest BCUT2D eigenvalue weighted by Gasteiger charge is -2.25. The van der Waals surface area contributed by atoms with Crippen molar-refractivity contribution in [1.82, 2.24) is 9.80 Å². The van der Waals surface area contributed by atoms with E-state index >= 15 is 0 Å². The maximum Gasteiger partial charge on any atom is 0.254 e. The van der Waals surface area contributed by atoms with Crippen LogP contribution in [-0.4, -0.2) is 52.6 Å².